The zero-order valence-electron chi connectivity index (χ0n) is 10.2. The maximum atomic E-state index is 11.8. The summed E-state index contributed by atoms with van der Waals surface area (Å²) >= 11 is 0. The molecule has 3 rings (SSSR count). The summed E-state index contributed by atoms with van der Waals surface area (Å²) in [4.78, 5) is 25.4. The topological polar surface area (TPSA) is 95.3 Å². The summed E-state index contributed by atoms with van der Waals surface area (Å²) < 4.78 is 4.95. The molecule has 6 nitrogen and oxygen atoms in total. The van der Waals surface area contributed by atoms with E-state index in [1.165, 1.54) is 0 Å². The Kier molecular flexibility index (Phi) is 2.67. The standard InChI is InChI=1S/C13H14N2O4/c16-7-13(3-4-13)11(17)14-6-8-1-2-9-10(5-8)19-12(18)15-9/h1-2,5,16H,3-4,6-7H2,(H,14,17)(H,15,18). The molecule has 1 aliphatic rings. The van der Waals surface area contributed by atoms with Crippen LogP contribution in [0.3, 0.4) is 0 Å². The normalized spacial score (nSPS) is 16.5. The maximum absolute atomic E-state index is 11.8. The molecular formula is C13H14N2O4. The average Bonchev–Trinajstić information content (AvgIpc) is 3.12. The van der Waals surface area contributed by atoms with E-state index in [4.69, 9.17) is 9.52 Å². The summed E-state index contributed by atoms with van der Waals surface area (Å²) in [7, 11) is 0. The van der Waals surface area contributed by atoms with Crippen molar-refractivity contribution >= 4 is 17.0 Å². The van der Waals surface area contributed by atoms with Crippen molar-refractivity contribution < 1.29 is 14.3 Å². The minimum atomic E-state index is -0.565. The van der Waals surface area contributed by atoms with Gasteiger partial charge in [0.05, 0.1) is 17.5 Å². The monoisotopic (exact) mass is 262 g/mol. The van der Waals surface area contributed by atoms with Gasteiger partial charge in [0.1, 0.15) is 0 Å². The third-order valence-electron chi connectivity index (χ3n) is 3.58. The highest BCUT2D eigenvalue weighted by atomic mass is 16.4. The lowest BCUT2D eigenvalue weighted by Crippen LogP contribution is -2.33. The van der Waals surface area contributed by atoms with Gasteiger partial charge in [0, 0.05) is 6.54 Å². The molecule has 0 unspecified atom stereocenters. The summed E-state index contributed by atoms with van der Waals surface area (Å²) in [5.41, 5.74) is 1.39. The molecular weight excluding hydrogens is 248 g/mol. The molecule has 1 heterocycles. The average molecular weight is 262 g/mol. The number of oxazole rings is 1. The van der Waals surface area contributed by atoms with Crippen molar-refractivity contribution in [2.45, 2.75) is 19.4 Å². The van der Waals surface area contributed by atoms with Gasteiger partial charge in [0.2, 0.25) is 5.91 Å². The Hall–Kier alpha value is -2.08. The third kappa shape index (κ3) is 2.15. The molecule has 1 aromatic heterocycles. The van der Waals surface area contributed by atoms with Gasteiger partial charge in [0.15, 0.2) is 5.58 Å². The van der Waals surface area contributed by atoms with E-state index in [1.54, 1.807) is 12.1 Å². The van der Waals surface area contributed by atoms with Crippen LogP contribution in [0, 0.1) is 5.41 Å². The van der Waals surface area contributed by atoms with Crippen molar-refractivity contribution in [2.75, 3.05) is 6.61 Å². The van der Waals surface area contributed by atoms with Crippen LogP contribution < -0.4 is 11.1 Å². The minimum absolute atomic E-state index is 0.107. The number of hydrogen-bond acceptors (Lipinski definition) is 4. The van der Waals surface area contributed by atoms with Crippen molar-refractivity contribution in [3.8, 4) is 0 Å². The number of aromatic amines is 1. The first kappa shape index (κ1) is 12.0. The molecule has 0 saturated heterocycles. The van der Waals surface area contributed by atoms with Crippen molar-refractivity contribution in [3.63, 3.8) is 0 Å². The zero-order valence-corrected chi connectivity index (χ0v) is 10.2. The predicted molar refractivity (Wildman–Crippen MR) is 67.4 cm³/mol. The van der Waals surface area contributed by atoms with Gasteiger partial charge in [0.25, 0.3) is 0 Å². The molecule has 3 N–H and O–H groups in total. The van der Waals surface area contributed by atoms with Gasteiger partial charge in [-0.15, -0.1) is 0 Å². The molecule has 0 radical (unpaired) electrons. The van der Waals surface area contributed by atoms with Crippen LogP contribution in [-0.4, -0.2) is 22.6 Å². The number of carbonyl (C=O) groups is 1. The fourth-order valence-corrected chi connectivity index (χ4v) is 2.08. The number of rotatable bonds is 4. The third-order valence-corrected chi connectivity index (χ3v) is 3.58. The highest BCUT2D eigenvalue weighted by Crippen LogP contribution is 2.45. The second-order valence-corrected chi connectivity index (χ2v) is 4.97. The second-order valence-electron chi connectivity index (χ2n) is 4.97. The first-order valence-electron chi connectivity index (χ1n) is 6.14. The van der Waals surface area contributed by atoms with Gasteiger partial charge in [-0.05, 0) is 30.5 Å². The minimum Gasteiger partial charge on any atom is -0.408 e. The van der Waals surface area contributed by atoms with Crippen molar-refractivity contribution in [1.29, 1.82) is 0 Å². The van der Waals surface area contributed by atoms with E-state index in [1.807, 2.05) is 6.07 Å². The van der Waals surface area contributed by atoms with Gasteiger partial charge in [-0.2, -0.15) is 0 Å². The van der Waals surface area contributed by atoms with Crippen LogP contribution in [0.15, 0.2) is 27.4 Å². The smallest absolute Gasteiger partial charge is 0.408 e. The van der Waals surface area contributed by atoms with Crippen molar-refractivity contribution in [1.82, 2.24) is 10.3 Å². The maximum Gasteiger partial charge on any atom is 0.417 e. The van der Waals surface area contributed by atoms with Crippen LogP contribution in [0.4, 0.5) is 0 Å². The molecule has 100 valence electrons. The number of aliphatic hydroxyl groups excluding tert-OH is 1. The SMILES string of the molecule is O=C(NCc1ccc2[nH]c(=O)oc2c1)C1(CO)CC1. The summed E-state index contributed by atoms with van der Waals surface area (Å²) in [6.07, 6.45) is 1.47. The lowest BCUT2D eigenvalue weighted by molar-refractivity contribution is -0.127. The molecule has 6 heteroatoms. The Bertz CT molecular complexity index is 681. The van der Waals surface area contributed by atoms with E-state index >= 15 is 0 Å². The largest absolute Gasteiger partial charge is 0.417 e. The van der Waals surface area contributed by atoms with Crippen LogP contribution in [0.5, 0.6) is 0 Å². The number of carbonyl (C=O) groups excluding carboxylic acids is 1. The molecule has 19 heavy (non-hydrogen) atoms. The summed E-state index contributed by atoms with van der Waals surface area (Å²) in [5, 5.41) is 11.9. The highest BCUT2D eigenvalue weighted by Gasteiger charge is 2.49. The second kappa shape index (κ2) is 4.24. The number of fused-ring (bicyclic) bond motifs is 1. The quantitative estimate of drug-likeness (QED) is 0.748. The summed E-state index contributed by atoms with van der Waals surface area (Å²) in [6, 6.07) is 5.26. The van der Waals surface area contributed by atoms with Crippen LogP contribution in [0.1, 0.15) is 18.4 Å². The molecule has 1 saturated carbocycles. The highest BCUT2D eigenvalue weighted by molar-refractivity contribution is 5.85. The Balaban J connectivity index is 1.71. The van der Waals surface area contributed by atoms with Gasteiger partial charge in [-0.3, -0.25) is 9.78 Å². The lowest BCUT2D eigenvalue weighted by atomic mass is 10.1. The van der Waals surface area contributed by atoms with Gasteiger partial charge in [-0.1, -0.05) is 6.07 Å². The Labute approximate surface area is 108 Å². The molecule has 1 fully saturated rings. The van der Waals surface area contributed by atoms with Gasteiger partial charge >= 0.3 is 5.76 Å². The van der Waals surface area contributed by atoms with Crippen LogP contribution >= 0.6 is 0 Å². The molecule has 2 aromatic rings. The van der Waals surface area contributed by atoms with E-state index < -0.39 is 11.2 Å². The molecule has 0 aliphatic heterocycles. The van der Waals surface area contributed by atoms with E-state index in [0.29, 0.717) is 17.6 Å². The fraction of sp³-hybridized carbons (Fsp3) is 0.385. The number of hydrogen-bond donors (Lipinski definition) is 3. The zero-order chi connectivity index (χ0) is 13.5. The number of aliphatic hydroxyl groups is 1. The summed E-state index contributed by atoms with van der Waals surface area (Å²) in [6.45, 7) is 0.246. The Morgan fingerprint density at radius 3 is 2.95 bits per heavy atom. The first-order chi connectivity index (χ1) is 9.13. The molecule has 0 atom stereocenters. The predicted octanol–water partition coefficient (Wildman–Crippen LogP) is 0.510. The van der Waals surface area contributed by atoms with Gasteiger partial charge in [-0.25, -0.2) is 4.79 Å². The van der Waals surface area contributed by atoms with E-state index in [2.05, 4.69) is 10.3 Å². The van der Waals surface area contributed by atoms with E-state index in [0.717, 1.165) is 18.4 Å². The number of amides is 1. The molecule has 1 aliphatic carbocycles. The number of H-pyrrole nitrogens is 1. The van der Waals surface area contributed by atoms with Crippen molar-refractivity contribution in [2.24, 2.45) is 5.41 Å². The molecule has 1 aromatic carbocycles. The molecule has 0 bridgehead atoms. The van der Waals surface area contributed by atoms with Crippen molar-refractivity contribution in [3.05, 3.63) is 34.3 Å². The number of aromatic nitrogens is 1. The first-order valence-corrected chi connectivity index (χ1v) is 6.14. The molecule has 0 spiro atoms. The number of benzene rings is 1. The molecule has 1 amide bonds. The Morgan fingerprint density at radius 1 is 1.47 bits per heavy atom. The van der Waals surface area contributed by atoms with Crippen LogP contribution in [0.25, 0.3) is 11.1 Å². The Morgan fingerprint density at radius 2 is 2.26 bits per heavy atom. The van der Waals surface area contributed by atoms with E-state index in [9.17, 15) is 9.59 Å². The lowest BCUT2D eigenvalue weighted by Gasteiger charge is -2.12. The van der Waals surface area contributed by atoms with Crippen LogP contribution in [-0.2, 0) is 11.3 Å². The van der Waals surface area contributed by atoms with E-state index in [-0.39, 0.29) is 12.5 Å². The van der Waals surface area contributed by atoms with Gasteiger partial charge < -0.3 is 14.8 Å². The summed E-state index contributed by atoms with van der Waals surface area (Å²) in [5.74, 6) is -0.612. The number of nitrogens with one attached hydrogen (secondary N) is 2. The fourth-order valence-electron chi connectivity index (χ4n) is 2.08. The van der Waals surface area contributed by atoms with Crippen LogP contribution in [0.2, 0.25) is 0 Å².